The quantitative estimate of drug-likeness (QED) is 0.585. The van der Waals surface area contributed by atoms with Crippen molar-refractivity contribution in [1.29, 1.82) is 0 Å². The topological polar surface area (TPSA) is 55.1 Å². The fourth-order valence-electron chi connectivity index (χ4n) is 0.961. The van der Waals surface area contributed by atoms with Gasteiger partial charge >= 0.3 is 0 Å². The van der Waals surface area contributed by atoms with Crippen LogP contribution in [0.2, 0.25) is 0 Å². The zero-order valence-corrected chi connectivity index (χ0v) is 8.93. The standard InChI is InChI=1S/C10H14N2OS/c1-2-12-10(13)7-14-9-5-3-8(11)4-6-9/h3-6H,2,7,11H2,1H3,(H,12,13). The monoisotopic (exact) mass is 210 g/mol. The van der Waals surface area contributed by atoms with Gasteiger partial charge in [0.05, 0.1) is 5.75 Å². The van der Waals surface area contributed by atoms with Crippen molar-refractivity contribution >= 4 is 23.4 Å². The molecular weight excluding hydrogens is 196 g/mol. The molecule has 0 aliphatic carbocycles. The molecule has 1 aromatic rings. The molecule has 0 spiro atoms. The molecule has 0 aliphatic heterocycles. The summed E-state index contributed by atoms with van der Waals surface area (Å²) in [5.74, 6) is 0.520. The molecule has 0 unspecified atom stereocenters. The Bertz CT molecular complexity index is 297. The van der Waals surface area contributed by atoms with Crippen LogP contribution in [0.4, 0.5) is 5.69 Å². The van der Waals surface area contributed by atoms with E-state index < -0.39 is 0 Å². The van der Waals surface area contributed by atoms with Gasteiger partial charge in [0.15, 0.2) is 0 Å². The van der Waals surface area contributed by atoms with Gasteiger partial charge in [0.2, 0.25) is 5.91 Å². The summed E-state index contributed by atoms with van der Waals surface area (Å²) < 4.78 is 0. The van der Waals surface area contributed by atoms with Crippen molar-refractivity contribution in [2.45, 2.75) is 11.8 Å². The zero-order valence-electron chi connectivity index (χ0n) is 8.12. The highest BCUT2D eigenvalue weighted by molar-refractivity contribution is 8.00. The van der Waals surface area contributed by atoms with Crippen molar-refractivity contribution in [3.63, 3.8) is 0 Å². The number of hydrogen-bond acceptors (Lipinski definition) is 3. The average molecular weight is 210 g/mol. The lowest BCUT2D eigenvalue weighted by atomic mass is 10.3. The minimum atomic E-state index is 0.0642. The van der Waals surface area contributed by atoms with Crippen LogP contribution in [0.3, 0.4) is 0 Å². The molecule has 1 amide bonds. The first-order valence-corrected chi connectivity index (χ1v) is 5.46. The van der Waals surface area contributed by atoms with Crippen LogP contribution in [-0.4, -0.2) is 18.2 Å². The van der Waals surface area contributed by atoms with Gasteiger partial charge in [-0.25, -0.2) is 0 Å². The largest absolute Gasteiger partial charge is 0.399 e. The van der Waals surface area contributed by atoms with E-state index in [0.717, 1.165) is 10.6 Å². The van der Waals surface area contributed by atoms with E-state index in [1.165, 1.54) is 11.8 Å². The third kappa shape index (κ3) is 3.70. The smallest absolute Gasteiger partial charge is 0.230 e. The molecule has 3 nitrogen and oxygen atoms in total. The highest BCUT2D eigenvalue weighted by Crippen LogP contribution is 2.18. The van der Waals surface area contributed by atoms with Gasteiger partial charge in [0.1, 0.15) is 0 Å². The summed E-state index contributed by atoms with van der Waals surface area (Å²) in [7, 11) is 0. The molecule has 0 bridgehead atoms. The van der Waals surface area contributed by atoms with Gasteiger partial charge in [0.25, 0.3) is 0 Å². The van der Waals surface area contributed by atoms with Gasteiger partial charge in [-0.3, -0.25) is 4.79 Å². The van der Waals surface area contributed by atoms with E-state index in [0.29, 0.717) is 12.3 Å². The van der Waals surface area contributed by atoms with E-state index >= 15 is 0 Å². The maximum atomic E-state index is 11.1. The average Bonchev–Trinajstić information content (AvgIpc) is 2.17. The van der Waals surface area contributed by atoms with Gasteiger partial charge < -0.3 is 11.1 Å². The molecule has 0 saturated carbocycles. The Labute approximate surface area is 88.1 Å². The summed E-state index contributed by atoms with van der Waals surface area (Å²) in [5.41, 5.74) is 6.28. The van der Waals surface area contributed by atoms with Crippen molar-refractivity contribution in [1.82, 2.24) is 5.32 Å². The molecule has 1 aromatic carbocycles. The second kappa shape index (κ2) is 5.54. The van der Waals surface area contributed by atoms with Crippen molar-refractivity contribution in [3.8, 4) is 0 Å². The SMILES string of the molecule is CCNC(=O)CSc1ccc(N)cc1. The molecule has 4 heteroatoms. The van der Waals surface area contributed by atoms with Crippen molar-refractivity contribution in [2.75, 3.05) is 18.0 Å². The lowest BCUT2D eigenvalue weighted by Crippen LogP contribution is -2.24. The van der Waals surface area contributed by atoms with Crippen molar-refractivity contribution < 1.29 is 4.79 Å². The molecular formula is C10H14N2OS. The number of anilines is 1. The predicted molar refractivity (Wildman–Crippen MR) is 60.3 cm³/mol. The van der Waals surface area contributed by atoms with Gasteiger partial charge in [-0.05, 0) is 31.2 Å². The van der Waals surface area contributed by atoms with Crippen LogP contribution in [0.1, 0.15) is 6.92 Å². The normalized spacial score (nSPS) is 9.79. The Morgan fingerprint density at radius 3 is 2.64 bits per heavy atom. The lowest BCUT2D eigenvalue weighted by molar-refractivity contribution is -0.118. The van der Waals surface area contributed by atoms with E-state index in [-0.39, 0.29) is 5.91 Å². The maximum absolute atomic E-state index is 11.1. The van der Waals surface area contributed by atoms with Crippen molar-refractivity contribution in [3.05, 3.63) is 24.3 Å². The number of nitrogens with one attached hydrogen (secondary N) is 1. The van der Waals surface area contributed by atoms with Crippen LogP contribution in [0.15, 0.2) is 29.2 Å². The fraction of sp³-hybridized carbons (Fsp3) is 0.300. The van der Waals surface area contributed by atoms with Crippen LogP contribution in [0.5, 0.6) is 0 Å². The van der Waals surface area contributed by atoms with Crippen LogP contribution < -0.4 is 11.1 Å². The molecule has 0 saturated heterocycles. The third-order valence-corrected chi connectivity index (χ3v) is 2.64. The molecule has 76 valence electrons. The predicted octanol–water partition coefficient (Wildman–Crippen LogP) is 1.50. The summed E-state index contributed by atoms with van der Waals surface area (Å²) in [4.78, 5) is 12.2. The van der Waals surface area contributed by atoms with Crippen LogP contribution in [0, 0.1) is 0 Å². The number of carbonyl (C=O) groups is 1. The number of nitrogens with two attached hydrogens (primary N) is 1. The number of thioether (sulfide) groups is 1. The summed E-state index contributed by atoms with van der Waals surface area (Å²) in [6, 6.07) is 7.50. The highest BCUT2D eigenvalue weighted by Gasteiger charge is 2.00. The van der Waals surface area contributed by atoms with Crippen LogP contribution in [0.25, 0.3) is 0 Å². The van der Waals surface area contributed by atoms with Gasteiger partial charge in [0, 0.05) is 17.1 Å². The Hall–Kier alpha value is -1.16. The summed E-state index contributed by atoms with van der Waals surface area (Å²) in [5, 5.41) is 2.74. The minimum Gasteiger partial charge on any atom is -0.399 e. The highest BCUT2D eigenvalue weighted by atomic mass is 32.2. The van der Waals surface area contributed by atoms with Crippen LogP contribution >= 0.6 is 11.8 Å². The Kier molecular flexibility index (Phi) is 4.32. The molecule has 0 fully saturated rings. The number of benzene rings is 1. The molecule has 0 heterocycles. The number of carbonyl (C=O) groups excluding carboxylic acids is 1. The van der Waals surface area contributed by atoms with E-state index in [2.05, 4.69) is 5.32 Å². The van der Waals surface area contributed by atoms with E-state index in [9.17, 15) is 4.79 Å². The first-order valence-electron chi connectivity index (χ1n) is 4.47. The fourth-order valence-corrected chi connectivity index (χ4v) is 1.69. The van der Waals surface area contributed by atoms with Gasteiger partial charge in [-0.15, -0.1) is 11.8 Å². The van der Waals surface area contributed by atoms with Gasteiger partial charge in [-0.2, -0.15) is 0 Å². The number of rotatable bonds is 4. The molecule has 0 aromatic heterocycles. The lowest BCUT2D eigenvalue weighted by Gasteiger charge is -2.02. The summed E-state index contributed by atoms with van der Waals surface area (Å²) >= 11 is 1.51. The first-order chi connectivity index (χ1) is 6.72. The second-order valence-electron chi connectivity index (χ2n) is 2.81. The number of hydrogen-bond donors (Lipinski definition) is 2. The Morgan fingerprint density at radius 2 is 2.07 bits per heavy atom. The Balaban J connectivity index is 2.38. The third-order valence-electron chi connectivity index (χ3n) is 1.62. The molecule has 0 radical (unpaired) electrons. The molecule has 0 atom stereocenters. The summed E-state index contributed by atoms with van der Waals surface area (Å²) in [6.07, 6.45) is 0. The van der Waals surface area contributed by atoms with Crippen LogP contribution in [-0.2, 0) is 4.79 Å². The second-order valence-corrected chi connectivity index (χ2v) is 3.86. The van der Waals surface area contributed by atoms with Gasteiger partial charge in [-0.1, -0.05) is 0 Å². The van der Waals surface area contributed by atoms with Crippen molar-refractivity contribution in [2.24, 2.45) is 0 Å². The van der Waals surface area contributed by atoms with E-state index in [1.807, 2.05) is 31.2 Å². The number of amides is 1. The Morgan fingerprint density at radius 1 is 1.43 bits per heavy atom. The molecule has 14 heavy (non-hydrogen) atoms. The zero-order chi connectivity index (χ0) is 10.4. The first kappa shape index (κ1) is 10.9. The number of nitrogen functional groups attached to an aromatic ring is 1. The minimum absolute atomic E-state index is 0.0642. The van der Waals surface area contributed by atoms with E-state index in [1.54, 1.807) is 0 Å². The summed E-state index contributed by atoms with van der Waals surface area (Å²) in [6.45, 7) is 2.59. The molecule has 1 rings (SSSR count). The maximum Gasteiger partial charge on any atom is 0.230 e. The molecule has 3 N–H and O–H groups in total. The van der Waals surface area contributed by atoms with E-state index in [4.69, 9.17) is 5.73 Å². The molecule has 0 aliphatic rings.